The van der Waals surface area contributed by atoms with Gasteiger partial charge in [0.25, 0.3) is 10.0 Å². The number of aryl methyl sites for hydroxylation is 1. The van der Waals surface area contributed by atoms with E-state index in [9.17, 15) is 18.0 Å². The minimum atomic E-state index is -4.09. The molecule has 0 radical (unpaired) electrons. The summed E-state index contributed by atoms with van der Waals surface area (Å²) in [6.45, 7) is 13.1. The van der Waals surface area contributed by atoms with Gasteiger partial charge in [-0.2, -0.15) is 0 Å². The van der Waals surface area contributed by atoms with Gasteiger partial charge < -0.3 is 10.2 Å². The van der Waals surface area contributed by atoms with Crippen LogP contribution in [-0.4, -0.2) is 43.3 Å². The van der Waals surface area contributed by atoms with Crippen molar-refractivity contribution in [2.75, 3.05) is 10.8 Å². The molecule has 3 aromatic carbocycles. The molecule has 40 heavy (non-hydrogen) atoms. The highest BCUT2D eigenvalue weighted by molar-refractivity contribution is 7.92. The summed E-state index contributed by atoms with van der Waals surface area (Å²) in [4.78, 5) is 28.8. The van der Waals surface area contributed by atoms with Crippen LogP contribution in [0.5, 0.6) is 0 Å². The molecule has 0 aliphatic rings. The molecule has 0 heterocycles. The molecule has 0 unspecified atom stereocenters. The van der Waals surface area contributed by atoms with E-state index in [0.717, 1.165) is 21.0 Å². The van der Waals surface area contributed by atoms with E-state index >= 15 is 0 Å². The zero-order valence-corrected chi connectivity index (χ0v) is 25.3. The van der Waals surface area contributed by atoms with Crippen LogP contribution in [-0.2, 0) is 26.2 Å². The van der Waals surface area contributed by atoms with Crippen LogP contribution >= 0.6 is 0 Å². The van der Waals surface area contributed by atoms with Crippen LogP contribution in [0.3, 0.4) is 0 Å². The standard InChI is InChI=1S/C32H41N3O4S/c1-23(2)26-17-19-28(20-18-26)35(40(38,39)29-15-9-8-10-16-29)22-30(36)34(21-27-14-12-11-13-24(27)3)25(4)31(37)33-32(5,6)7/h8-20,23,25H,21-22H2,1-7H3,(H,33,37)/t25-/m1/s1. The lowest BCUT2D eigenvalue weighted by Gasteiger charge is -2.33. The molecule has 8 heteroatoms. The number of carbonyl (C=O) groups excluding carboxylic acids is 2. The highest BCUT2D eigenvalue weighted by Crippen LogP contribution is 2.27. The van der Waals surface area contributed by atoms with Crippen molar-refractivity contribution in [3.05, 3.63) is 95.6 Å². The number of hydrogen-bond donors (Lipinski definition) is 1. The van der Waals surface area contributed by atoms with E-state index in [-0.39, 0.29) is 23.3 Å². The molecule has 3 rings (SSSR count). The van der Waals surface area contributed by atoms with Gasteiger partial charge in [-0.15, -0.1) is 0 Å². The Labute approximate surface area is 239 Å². The Hall–Kier alpha value is -3.65. The average Bonchev–Trinajstić information content (AvgIpc) is 2.90. The highest BCUT2D eigenvalue weighted by Gasteiger charge is 2.33. The van der Waals surface area contributed by atoms with Crippen molar-refractivity contribution in [1.29, 1.82) is 0 Å². The van der Waals surface area contributed by atoms with Crippen molar-refractivity contribution < 1.29 is 18.0 Å². The second-order valence-electron chi connectivity index (χ2n) is 11.4. The van der Waals surface area contributed by atoms with E-state index < -0.39 is 34.1 Å². The average molecular weight is 564 g/mol. The lowest BCUT2D eigenvalue weighted by atomic mass is 10.0. The number of amides is 2. The summed E-state index contributed by atoms with van der Waals surface area (Å²) in [5.74, 6) is -0.526. The summed E-state index contributed by atoms with van der Waals surface area (Å²) >= 11 is 0. The minimum absolute atomic E-state index is 0.0831. The van der Waals surface area contributed by atoms with Gasteiger partial charge >= 0.3 is 0 Å². The molecular weight excluding hydrogens is 522 g/mol. The molecule has 0 saturated carbocycles. The van der Waals surface area contributed by atoms with Gasteiger partial charge in [-0.3, -0.25) is 13.9 Å². The van der Waals surface area contributed by atoms with Gasteiger partial charge in [-0.05, 0) is 81.5 Å². The van der Waals surface area contributed by atoms with Gasteiger partial charge in [0.1, 0.15) is 12.6 Å². The van der Waals surface area contributed by atoms with Gasteiger partial charge in [0.2, 0.25) is 11.8 Å². The smallest absolute Gasteiger partial charge is 0.264 e. The van der Waals surface area contributed by atoms with Crippen LogP contribution in [0.2, 0.25) is 0 Å². The second-order valence-corrected chi connectivity index (χ2v) is 13.3. The fourth-order valence-corrected chi connectivity index (χ4v) is 5.74. The predicted molar refractivity (Wildman–Crippen MR) is 161 cm³/mol. The molecule has 1 N–H and O–H groups in total. The molecule has 3 aromatic rings. The maximum atomic E-state index is 14.0. The Balaban J connectivity index is 2.05. The Morgan fingerprint density at radius 2 is 1.43 bits per heavy atom. The number of nitrogens with zero attached hydrogens (tertiary/aromatic N) is 2. The first kappa shape index (κ1) is 30.9. The van der Waals surface area contributed by atoms with Crippen LogP contribution in [0.25, 0.3) is 0 Å². The summed E-state index contributed by atoms with van der Waals surface area (Å²) < 4.78 is 28.9. The molecule has 0 spiro atoms. The molecule has 2 amide bonds. The number of benzene rings is 3. The van der Waals surface area contributed by atoms with Gasteiger partial charge in [-0.1, -0.05) is 68.4 Å². The Kier molecular flexibility index (Phi) is 9.79. The van der Waals surface area contributed by atoms with Gasteiger partial charge in [0.15, 0.2) is 0 Å². The van der Waals surface area contributed by atoms with E-state index in [4.69, 9.17) is 0 Å². The number of anilines is 1. The third kappa shape index (κ3) is 7.72. The van der Waals surface area contributed by atoms with Crippen molar-refractivity contribution in [3.8, 4) is 0 Å². The number of nitrogens with one attached hydrogen (secondary N) is 1. The summed E-state index contributed by atoms with van der Waals surface area (Å²) in [5, 5.41) is 2.95. The maximum absolute atomic E-state index is 14.0. The quantitative estimate of drug-likeness (QED) is 0.346. The Morgan fingerprint density at radius 3 is 1.98 bits per heavy atom. The summed E-state index contributed by atoms with van der Waals surface area (Å²) in [6.07, 6.45) is 0. The van der Waals surface area contributed by atoms with Crippen molar-refractivity contribution in [3.63, 3.8) is 0 Å². The SMILES string of the molecule is Cc1ccccc1CN(C(=O)CN(c1ccc(C(C)C)cc1)S(=O)(=O)c1ccccc1)[C@H](C)C(=O)NC(C)(C)C. The van der Waals surface area contributed by atoms with Crippen molar-refractivity contribution in [1.82, 2.24) is 10.2 Å². The zero-order chi connectivity index (χ0) is 29.7. The molecule has 0 aromatic heterocycles. The van der Waals surface area contributed by atoms with Crippen LogP contribution in [0, 0.1) is 6.92 Å². The number of sulfonamides is 1. The third-order valence-corrected chi connectivity index (χ3v) is 8.51. The number of hydrogen-bond acceptors (Lipinski definition) is 4. The molecule has 0 aliphatic carbocycles. The van der Waals surface area contributed by atoms with Crippen LogP contribution in [0.4, 0.5) is 5.69 Å². The summed E-state index contributed by atoms with van der Waals surface area (Å²) in [6, 6.07) is 22.1. The molecule has 7 nitrogen and oxygen atoms in total. The molecule has 0 saturated heterocycles. The fourth-order valence-electron chi connectivity index (χ4n) is 4.30. The normalized spacial score (nSPS) is 12.6. The molecule has 0 fully saturated rings. The summed E-state index contributed by atoms with van der Waals surface area (Å²) in [7, 11) is -4.09. The topological polar surface area (TPSA) is 86.8 Å². The molecular formula is C32H41N3O4S. The monoisotopic (exact) mass is 563 g/mol. The molecule has 1 atom stereocenters. The van der Waals surface area contributed by atoms with Crippen LogP contribution in [0.1, 0.15) is 64.2 Å². The molecule has 0 bridgehead atoms. The fraction of sp³-hybridized carbons (Fsp3) is 0.375. The van der Waals surface area contributed by atoms with Crippen molar-refractivity contribution in [2.24, 2.45) is 0 Å². The summed E-state index contributed by atoms with van der Waals surface area (Å²) in [5.41, 5.74) is 2.79. The highest BCUT2D eigenvalue weighted by atomic mass is 32.2. The first-order valence-electron chi connectivity index (χ1n) is 13.5. The minimum Gasteiger partial charge on any atom is -0.350 e. The first-order chi connectivity index (χ1) is 18.7. The predicted octanol–water partition coefficient (Wildman–Crippen LogP) is 5.65. The molecule has 214 valence electrons. The van der Waals surface area contributed by atoms with E-state index in [0.29, 0.717) is 5.69 Å². The lowest BCUT2D eigenvalue weighted by molar-refractivity contribution is -0.140. The number of carbonyl (C=O) groups is 2. The largest absolute Gasteiger partial charge is 0.350 e. The van der Waals surface area contributed by atoms with Gasteiger partial charge in [-0.25, -0.2) is 8.42 Å². The zero-order valence-electron chi connectivity index (χ0n) is 24.5. The second kappa shape index (κ2) is 12.7. The van der Waals surface area contributed by atoms with Gasteiger partial charge in [0, 0.05) is 12.1 Å². The van der Waals surface area contributed by atoms with Crippen molar-refractivity contribution in [2.45, 2.75) is 77.4 Å². The van der Waals surface area contributed by atoms with Crippen LogP contribution in [0.15, 0.2) is 83.8 Å². The van der Waals surface area contributed by atoms with Crippen molar-refractivity contribution >= 4 is 27.5 Å². The van der Waals surface area contributed by atoms with E-state index in [1.807, 2.05) is 64.1 Å². The first-order valence-corrected chi connectivity index (χ1v) is 15.0. The van der Waals surface area contributed by atoms with E-state index in [1.165, 1.54) is 17.0 Å². The van der Waals surface area contributed by atoms with Gasteiger partial charge in [0.05, 0.1) is 10.6 Å². The Bertz CT molecular complexity index is 1410. The third-order valence-electron chi connectivity index (χ3n) is 6.73. The van der Waals surface area contributed by atoms with E-state index in [2.05, 4.69) is 19.2 Å². The number of rotatable bonds is 10. The maximum Gasteiger partial charge on any atom is 0.264 e. The Morgan fingerprint density at radius 1 is 0.850 bits per heavy atom. The van der Waals surface area contributed by atoms with E-state index in [1.54, 1.807) is 37.3 Å². The van der Waals surface area contributed by atoms with Crippen LogP contribution < -0.4 is 9.62 Å². The lowest BCUT2D eigenvalue weighted by Crippen LogP contribution is -2.54. The molecule has 0 aliphatic heterocycles.